The van der Waals surface area contributed by atoms with Crippen LogP contribution in [0.5, 0.6) is 0 Å². The molecule has 0 radical (unpaired) electrons. The van der Waals surface area contributed by atoms with Crippen molar-refractivity contribution < 1.29 is 9.13 Å². The minimum Gasteiger partial charge on any atom is -0.379 e. The number of nitrogens with one attached hydrogen (secondary N) is 2. The number of hydrogen-bond donors (Lipinski definition) is 2. The Morgan fingerprint density at radius 3 is 2.44 bits per heavy atom. The van der Waals surface area contributed by atoms with Crippen LogP contribution in [-0.4, -0.2) is 42.4 Å². The molecular weight excluding hydrogens is 361 g/mol. The second-order valence-electron chi connectivity index (χ2n) is 6.75. The first kappa shape index (κ1) is 19.7. The summed E-state index contributed by atoms with van der Waals surface area (Å²) in [5.74, 6) is -0.232. The van der Waals surface area contributed by atoms with E-state index in [9.17, 15) is 4.39 Å². The lowest BCUT2D eigenvalue weighted by Gasteiger charge is -2.38. The Bertz CT molecular complexity index is 720. The van der Waals surface area contributed by atoms with Gasteiger partial charge in [0, 0.05) is 25.7 Å². The van der Waals surface area contributed by atoms with Gasteiger partial charge in [-0.15, -0.1) is 0 Å². The van der Waals surface area contributed by atoms with Gasteiger partial charge in [0.15, 0.2) is 5.11 Å². The smallest absolute Gasteiger partial charge is 0.166 e. The van der Waals surface area contributed by atoms with Crippen LogP contribution in [0.3, 0.4) is 0 Å². The standard InChI is InChI=1S/C21H26FN3OS/c1-16(24-21(27)23-15-17-7-9-19(22)10-8-17)20(18-5-3-2-4-6-18)25-11-13-26-14-12-25/h2-10,16,20H,11-15H2,1H3,(H2,23,24,27)/t16-,20+/m0/s1. The van der Waals surface area contributed by atoms with Gasteiger partial charge in [-0.1, -0.05) is 42.5 Å². The lowest BCUT2D eigenvalue weighted by atomic mass is 9.98. The van der Waals surface area contributed by atoms with Crippen LogP contribution in [0.4, 0.5) is 4.39 Å². The molecule has 0 bridgehead atoms. The number of thiocarbonyl (C=S) groups is 1. The molecule has 0 amide bonds. The van der Waals surface area contributed by atoms with Crippen molar-refractivity contribution in [3.8, 4) is 0 Å². The zero-order valence-electron chi connectivity index (χ0n) is 15.5. The summed E-state index contributed by atoms with van der Waals surface area (Å²) in [6.07, 6.45) is 0. The van der Waals surface area contributed by atoms with E-state index >= 15 is 0 Å². The number of hydrogen-bond acceptors (Lipinski definition) is 3. The van der Waals surface area contributed by atoms with Gasteiger partial charge in [-0.05, 0) is 42.4 Å². The lowest BCUT2D eigenvalue weighted by molar-refractivity contribution is 0.0102. The fourth-order valence-corrected chi connectivity index (χ4v) is 3.70. The van der Waals surface area contributed by atoms with Gasteiger partial charge in [-0.2, -0.15) is 0 Å². The predicted octanol–water partition coefficient (Wildman–Crippen LogP) is 3.25. The van der Waals surface area contributed by atoms with Crippen molar-refractivity contribution in [3.63, 3.8) is 0 Å². The normalized spacial score (nSPS) is 17.1. The summed E-state index contributed by atoms with van der Waals surface area (Å²) < 4.78 is 18.5. The van der Waals surface area contributed by atoms with Gasteiger partial charge in [0.25, 0.3) is 0 Å². The highest BCUT2D eigenvalue weighted by molar-refractivity contribution is 7.80. The van der Waals surface area contributed by atoms with E-state index in [2.05, 4.69) is 46.7 Å². The zero-order valence-corrected chi connectivity index (χ0v) is 16.3. The van der Waals surface area contributed by atoms with Gasteiger partial charge in [0.2, 0.25) is 0 Å². The second-order valence-corrected chi connectivity index (χ2v) is 7.15. The molecule has 144 valence electrons. The van der Waals surface area contributed by atoms with Gasteiger partial charge in [-0.3, -0.25) is 4.90 Å². The predicted molar refractivity (Wildman–Crippen MR) is 110 cm³/mol. The minimum absolute atomic E-state index is 0.124. The fraction of sp³-hybridized carbons (Fsp3) is 0.381. The second kappa shape index (κ2) is 9.78. The molecule has 0 aliphatic carbocycles. The number of nitrogens with zero attached hydrogens (tertiary/aromatic N) is 1. The van der Waals surface area contributed by atoms with E-state index < -0.39 is 0 Å². The van der Waals surface area contributed by atoms with E-state index in [0.717, 1.165) is 31.9 Å². The Kier molecular flexibility index (Phi) is 7.15. The molecule has 0 unspecified atom stereocenters. The monoisotopic (exact) mass is 387 g/mol. The molecule has 1 saturated heterocycles. The SMILES string of the molecule is C[C@H](NC(=S)NCc1ccc(F)cc1)[C@H](c1ccccc1)N1CCOCC1. The summed E-state index contributed by atoms with van der Waals surface area (Å²) in [6, 6.07) is 17.3. The van der Waals surface area contributed by atoms with Crippen molar-refractivity contribution in [2.75, 3.05) is 26.3 Å². The third-order valence-electron chi connectivity index (χ3n) is 4.78. The molecule has 3 rings (SSSR count). The Morgan fingerprint density at radius 1 is 1.11 bits per heavy atom. The van der Waals surface area contributed by atoms with Gasteiger partial charge in [-0.25, -0.2) is 4.39 Å². The summed E-state index contributed by atoms with van der Waals surface area (Å²) in [5.41, 5.74) is 2.25. The van der Waals surface area contributed by atoms with Crippen molar-refractivity contribution in [2.24, 2.45) is 0 Å². The maximum atomic E-state index is 13.0. The molecule has 2 atom stereocenters. The van der Waals surface area contributed by atoms with Crippen LogP contribution in [0.25, 0.3) is 0 Å². The summed E-state index contributed by atoms with van der Waals surface area (Å²) in [7, 11) is 0. The number of halogens is 1. The fourth-order valence-electron chi connectivity index (χ4n) is 3.44. The maximum Gasteiger partial charge on any atom is 0.166 e. The first-order chi connectivity index (χ1) is 13.1. The Morgan fingerprint density at radius 2 is 1.78 bits per heavy atom. The molecule has 1 fully saturated rings. The lowest BCUT2D eigenvalue weighted by Crippen LogP contribution is -2.50. The van der Waals surface area contributed by atoms with E-state index in [0.29, 0.717) is 11.7 Å². The van der Waals surface area contributed by atoms with Crippen molar-refractivity contribution in [2.45, 2.75) is 25.6 Å². The summed E-state index contributed by atoms with van der Waals surface area (Å²) in [5, 5.41) is 7.23. The Hall–Kier alpha value is -2.02. The molecule has 1 heterocycles. The topological polar surface area (TPSA) is 36.5 Å². The van der Waals surface area contributed by atoms with Crippen molar-refractivity contribution in [1.82, 2.24) is 15.5 Å². The highest BCUT2D eigenvalue weighted by Gasteiger charge is 2.28. The zero-order chi connectivity index (χ0) is 19.1. The van der Waals surface area contributed by atoms with Crippen molar-refractivity contribution in [1.29, 1.82) is 0 Å². The summed E-state index contributed by atoms with van der Waals surface area (Å²) in [4.78, 5) is 2.44. The van der Waals surface area contributed by atoms with E-state index in [-0.39, 0.29) is 17.9 Å². The molecule has 1 aliphatic rings. The van der Waals surface area contributed by atoms with Crippen LogP contribution in [-0.2, 0) is 11.3 Å². The first-order valence-corrected chi connectivity index (χ1v) is 9.70. The molecular formula is C21H26FN3OS. The number of rotatable bonds is 6. The third-order valence-corrected chi connectivity index (χ3v) is 5.04. The molecule has 0 spiro atoms. The number of ether oxygens (including phenoxy) is 1. The molecule has 1 aliphatic heterocycles. The van der Waals surface area contributed by atoms with Gasteiger partial charge in [0.1, 0.15) is 5.82 Å². The average Bonchev–Trinajstić information content (AvgIpc) is 2.69. The maximum absolute atomic E-state index is 13.0. The summed E-state index contributed by atoms with van der Waals surface area (Å²) in [6.45, 7) is 6.03. The van der Waals surface area contributed by atoms with Crippen LogP contribution < -0.4 is 10.6 Å². The molecule has 4 nitrogen and oxygen atoms in total. The first-order valence-electron chi connectivity index (χ1n) is 9.29. The largest absolute Gasteiger partial charge is 0.379 e. The van der Waals surface area contributed by atoms with Gasteiger partial charge < -0.3 is 15.4 Å². The van der Waals surface area contributed by atoms with Crippen LogP contribution in [0.1, 0.15) is 24.1 Å². The minimum atomic E-state index is -0.232. The Labute approximate surface area is 165 Å². The molecule has 27 heavy (non-hydrogen) atoms. The van der Waals surface area contributed by atoms with Gasteiger partial charge in [0.05, 0.1) is 19.3 Å². The van der Waals surface area contributed by atoms with Crippen LogP contribution >= 0.6 is 12.2 Å². The molecule has 2 aromatic rings. The van der Waals surface area contributed by atoms with E-state index in [1.165, 1.54) is 17.7 Å². The highest BCUT2D eigenvalue weighted by atomic mass is 32.1. The molecule has 6 heteroatoms. The average molecular weight is 388 g/mol. The number of benzene rings is 2. The van der Waals surface area contributed by atoms with Gasteiger partial charge >= 0.3 is 0 Å². The Balaban J connectivity index is 1.61. The highest BCUT2D eigenvalue weighted by Crippen LogP contribution is 2.25. The van der Waals surface area contributed by atoms with Crippen LogP contribution in [0.15, 0.2) is 54.6 Å². The molecule has 2 aromatic carbocycles. The van der Waals surface area contributed by atoms with E-state index in [1.807, 2.05) is 6.07 Å². The van der Waals surface area contributed by atoms with Crippen molar-refractivity contribution in [3.05, 3.63) is 71.5 Å². The number of morpholine rings is 1. The van der Waals surface area contributed by atoms with Crippen molar-refractivity contribution >= 4 is 17.3 Å². The summed E-state index contributed by atoms with van der Waals surface area (Å²) >= 11 is 5.49. The molecule has 0 saturated carbocycles. The molecule has 2 N–H and O–H groups in total. The van der Waals surface area contributed by atoms with Crippen LogP contribution in [0, 0.1) is 5.82 Å². The molecule has 0 aromatic heterocycles. The van der Waals surface area contributed by atoms with E-state index in [4.69, 9.17) is 17.0 Å². The quantitative estimate of drug-likeness (QED) is 0.744. The third kappa shape index (κ3) is 5.73. The van der Waals surface area contributed by atoms with E-state index in [1.54, 1.807) is 12.1 Å². The van der Waals surface area contributed by atoms with Crippen LogP contribution in [0.2, 0.25) is 0 Å².